The standard InChI is InChI=1S/C9H11N.2C2H6/c1-3-8(2)9-4-6-10-7-5-9;2*1-2/h3-7H,1-2H3;2*1-2H3/b8-3+;;. The molecule has 0 amide bonds. The monoisotopic (exact) mass is 193 g/mol. The fourth-order valence-electron chi connectivity index (χ4n) is 0.781. The van der Waals surface area contributed by atoms with E-state index in [2.05, 4.69) is 18.0 Å². The molecule has 0 spiro atoms. The third-order valence-electron chi connectivity index (χ3n) is 1.57. The second-order valence-electron chi connectivity index (χ2n) is 2.21. The van der Waals surface area contributed by atoms with E-state index in [-0.39, 0.29) is 0 Å². The number of pyridine rings is 1. The zero-order valence-electron chi connectivity index (χ0n) is 10.3. The van der Waals surface area contributed by atoms with Crippen LogP contribution in [0.1, 0.15) is 47.1 Å². The zero-order chi connectivity index (χ0) is 11.4. The molecule has 0 saturated heterocycles. The molecule has 0 saturated carbocycles. The summed E-state index contributed by atoms with van der Waals surface area (Å²) >= 11 is 0. The van der Waals surface area contributed by atoms with Crippen LogP contribution in [0.4, 0.5) is 0 Å². The van der Waals surface area contributed by atoms with E-state index in [1.54, 1.807) is 0 Å². The lowest BCUT2D eigenvalue weighted by Gasteiger charge is -1.96. The molecule has 1 aromatic heterocycles. The van der Waals surface area contributed by atoms with Crippen molar-refractivity contribution in [3.63, 3.8) is 0 Å². The number of aromatic nitrogens is 1. The van der Waals surface area contributed by atoms with Gasteiger partial charge in [0.1, 0.15) is 0 Å². The van der Waals surface area contributed by atoms with Gasteiger partial charge < -0.3 is 0 Å². The van der Waals surface area contributed by atoms with Crippen LogP contribution in [0.25, 0.3) is 5.57 Å². The summed E-state index contributed by atoms with van der Waals surface area (Å²) < 4.78 is 0. The molecule has 1 heteroatoms. The van der Waals surface area contributed by atoms with E-state index in [0.29, 0.717) is 0 Å². The maximum atomic E-state index is 3.93. The molecule has 0 radical (unpaired) electrons. The maximum Gasteiger partial charge on any atom is 0.0273 e. The van der Waals surface area contributed by atoms with Gasteiger partial charge in [0.25, 0.3) is 0 Å². The lowest BCUT2D eigenvalue weighted by molar-refractivity contribution is 1.31. The topological polar surface area (TPSA) is 12.9 Å². The van der Waals surface area contributed by atoms with Gasteiger partial charge in [0.2, 0.25) is 0 Å². The van der Waals surface area contributed by atoms with Crippen LogP contribution in [0.5, 0.6) is 0 Å². The fourth-order valence-corrected chi connectivity index (χ4v) is 0.781. The molecule has 0 aliphatic carbocycles. The summed E-state index contributed by atoms with van der Waals surface area (Å²) in [5, 5.41) is 0. The largest absolute Gasteiger partial charge is 0.265 e. The predicted molar refractivity (Wildman–Crippen MR) is 66.3 cm³/mol. The molecule has 0 aliphatic rings. The molecule has 0 fully saturated rings. The minimum absolute atomic E-state index is 1.25. The Labute approximate surface area is 88.9 Å². The van der Waals surface area contributed by atoms with Gasteiger partial charge in [0, 0.05) is 12.4 Å². The van der Waals surface area contributed by atoms with Crippen molar-refractivity contribution in [3.8, 4) is 0 Å². The van der Waals surface area contributed by atoms with Crippen LogP contribution in [0.15, 0.2) is 30.6 Å². The van der Waals surface area contributed by atoms with Crippen molar-refractivity contribution in [2.24, 2.45) is 0 Å². The van der Waals surface area contributed by atoms with E-state index < -0.39 is 0 Å². The van der Waals surface area contributed by atoms with Crippen LogP contribution in [-0.2, 0) is 0 Å². The summed E-state index contributed by atoms with van der Waals surface area (Å²) in [6.07, 6.45) is 5.71. The third-order valence-corrected chi connectivity index (χ3v) is 1.57. The normalized spacial score (nSPS) is 9.14. The first kappa shape index (κ1) is 15.4. The first-order chi connectivity index (χ1) is 6.84. The first-order valence-electron chi connectivity index (χ1n) is 5.38. The summed E-state index contributed by atoms with van der Waals surface area (Å²) in [5.41, 5.74) is 2.54. The number of hydrogen-bond acceptors (Lipinski definition) is 1. The SMILES string of the molecule is C/C=C(\C)c1ccncc1.CC.CC. The van der Waals surface area contributed by atoms with Crippen LogP contribution < -0.4 is 0 Å². The van der Waals surface area contributed by atoms with Crippen molar-refractivity contribution in [2.45, 2.75) is 41.5 Å². The molecule has 1 heterocycles. The van der Waals surface area contributed by atoms with Crippen molar-refractivity contribution in [1.29, 1.82) is 0 Å². The van der Waals surface area contributed by atoms with Crippen LogP contribution in [0, 0.1) is 0 Å². The highest BCUT2D eigenvalue weighted by atomic mass is 14.6. The minimum atomic E-state index is 1.25. The Balaban J connectivity index is 0. The Hall–Kier alpha value is -1.11. The Bertz CT molecular complexity index is 224. The number of rotatable bonds is 1. The number of allylic oxidation sites excluding steroid dienone is 2. The predicted octanol–water partition coefficient (Wildman–Crippen LogP) is 4.56. The molecule has 1 rings (SSSR count). The molecule has 1 nitrogen and oxygen atoms in total. The van der Waals surface area contributed by atoms with Crippen LogP contribution in [0.3, 0.4) is 0 Å². The van der Waals surface area contributed by atoms with E-state index in [1.165, 1.54) is 11.1 Å². The van der Waals surface area contributed by atoms with Gasteiger partial charge in [-0.25, -0.2) is 0 Å². The number of hydrogen-bond donors (Lipinski definition) is 0. The van der Waals surface area contributed by atoms with Gasteiger partial charge in [0.05, 0.1) is 0 Å². The van der Waals surface area contributed by atoms with E-state index in [9.17, 15) is 0 Å². The van der Waals surface area contributed by atoms with Crippen LogP contribution >= 0.6 is 0 Å². The first-order valence-corrected chi connectivity index (χ1v) is 5.38. The summed E-state index contributed by atoms with van der Waals surface area (Å²) in [6, 6.07) is 4.02. The average Bonchev–Trinajstić information content (AvgIpc) is 2.34. The summed E-state index contributed by atoms with van der Waals surface area (Å²) in [4.78, 5) is 3.93. The van der Waals surface area contributed by atoms with E-state index in [1.807, 2.05) is 59.1 Å². The van der Waals surface area contributed by atoms with Crippen LogP contribution in [-0.4, -0.2) is 4.98 Å². The quantitative estimate of drug-likeness (QED) is 0.637. The van der Waals surface area contributed by atoms with E-state index >= 15 is 0 Å². The minimum Gasteiger partial charge on any atom is -0.265 e. The lowest BCUT2D eigenvalue weighted by Crippen LogP contribution is -1.77. The Morgan fingerprint density at radius 2 is 1.50 bits per heavy atom. The highest BCUT2D eigenvalue weighted by molar-refractivity contribution is 5.62. The lowest BCUT2D eigenvalue weighted by atomic mass is 10.1. The molecule has 0 aromatic carbocycles. The van der Waals surface area contributed by atoms with E-state index in [4.69, 9.17) is 0 Å². The van der Waals surface area contributed by atoms with Gasteiger partial charge in [0.15, 0.2) is 0 Å². The van der Waals surface area contributed by atoms with Gasteiger partial charge in [-0.2, -0.15) is 0 Å². The van der Waals surface area contributed by atoms with Gasteiger partial charge >= 0.3 is 0 Å². The van der Waals surface area contributed by atoms with E-state index in [0.717, 1.165) is 0 Å². The van der Waals surface area contributed by atoms with Crippen LogP contribution in [0.2, 0.25) is 0 Å². The highest BCUT2D eigenvalue weighted by Gasteiger charge is 1.89. The average molecular weight is 193 g/mol. The molecule has 80 valence electrons. The second-order valence-corrected chi connectivity index (χ2v) is 2.21. The Morgan fingerprint density at radius 1 is 1.07 bits per heavy atom. The fraction of sp³-hybridized carbons (Fsp3) is 0.462. The van der Waals surface area contributed by atoms with Crippen molar-refractivity contribution < 1.29 is 0 Å². The highest BCUT2D eigenvalue weighted by Crippen LogP contribution is 2.10. The molecule has 0 N–H and O–H groups in total. The van der Waals surface area contributed by atoms with Crippen molar-refractivity contribution >= 4 is 5.57 Å². The molecule has 0 atom stereocenters. The van der Waals surface area contributed by atoms with Crippen molar-refractivity contribution in [3.05, 3.63) is 36.2 Å². The molecule has 0 unspecified atom stereocenters. The van der Waals surface area contributed by atoms with Gasteiger partial charge in [-0.3, -0.25) is 4.98 Å². The van der Waals surface area contributed by atoms with Gasteiger partial charge in [-0.05, 0) is 37.1 Å². The zero-order valence-corrected chi connectivity index (χ0v) is 10.3. The molecular formula is C13H23N. The molecular weight excluding hydrogens is 170 g/mol. The molecule has 14 heavy (non-hydrogen) atoms. The summed E-state index contributed by atoms with van der Waals surface area (Å²) in [6.45, 7) is 12.1. The van der Waals surface area contributed by atoms with Crippen molar-refractivity contribution in [2.75, 3.05) is 0 Å². The van der Waals surface area contributed by atoms with Crippen molar-refractivity contribution in [1.82, 2.24) is 4.98 Å². The Kier molecular flexibility index (Phi) is 13.1. The summed E-state index contributed by atoms with van der Waals surface area (Å²) in [5.74, 6) is 0. The summed E-state index contributed by atoms with van der Waals surface area (Å²) in [7, 11) is 0. The van der Waals surface area contributed by atoms with Gasteiger partial charge in [-0.15, -0.1) is 0 Å². The Morgan fingerprint density at radius 3 is 1.86 bits per heavy atom. The number of nitrogens with zero attached hydrogens (tertiary/aromatic N) is 1. The molecule has 0 bridgehead atoms. The second kappa shape index (κ2) is 11.9. The molecule has 1 aromatic rings. The third kappa shape index (κ3) is 6.41. The molecule has 0 aliphatic heterocycles. The maximum absolute atomic E-state index is 3.93. The van der Waals surface area contributed by atoms with Gasteiger partial charge in [-0.1, -0.05) is 33.8 Å². The smallest absolute Gasteiger partial charge is 0.0273 e.